The van der Waals surface area contributed by atoms with Crippen LogP contribution in [0.5, 0.6) is 0 Å². The number of hydrogen-bond donors (Lipinski definition) is 0. The molecular formula is C17H28I+. The molecule has 0 radical (unpaired) electrons. The Labute approximate surface area is 127 Å². The molecule has 0 aromatic heterocycles. The summed E-state index contributed by atoms with van der Waals surface area (Å²) in [6, 6.07) is 9.25. The van der Waals surface area contributed by atoms with E-state index in [2.05, 4.69) is 88.4 Å². The molecule has 102 valence electrons. The highest BCUT2D eigenvalue weighted by molar-refractivity contribution is 5.30. The molecule has 0 fully saturated rings. The molecule has 0 spiro atoms. The molecule has 0 saturated heterocycles. The molecule has 0 saturated carbocycles. The molecule has 18 heavy (non-hydrogen) atoms. The zero-order valence-electron chi connectivity index (χ0n) is 12.7. The van der Waals surface area contributed by atoms with Crippen LogP contribution in [-0.4, -0.2) is 0 Å². The minimum Gasteiger partial charge on any atom is -0.0651 e. The van der Waals surface area contributed by atoms with Gasteiger partial charge < -0.3 is 0 Å². The lowest BCUT2D eigenvalue weighted by molar-refractivity contribution is -0.475. The van der Waals surface area contributed by atoms with Gasteiger partial charge in [0.1, 0.15) is 0 Å². The Balaban J connectivity index is 2.90. The number of halogens is 1. The van der Waals surface area contributed by atoms with Gasteiger partial charge in [-0.1, -0.05) is 58.4 Å². The first-order valence-corrected chi connectivity index (χ1v) is 8.15. The van der Waals surface area contributed by atoms with Gasteiger partial charge in [0.05, 0.1) is 0 Å². The van der Waals surface area contributed by atoms with E-state index < -0.39 is 0 Å². The summed E-state index contributed by atoms with van der Waals surface area (Å²) < 4.78 is 0.259. The van der Waals surface area contributed by atoms with Gasteiger partial charge >= 0.3 is 0 Å². The van der Waals surface area contributed by atoms with Crippen molar-refractivity contribution in [1.29, 1.82) is 0 Å². The minimum absolute atomic E-state index is 0.259. The van der Waals surface area contributed by atoms with Gasteiger partial charge in [-0.2, -0.15) is 0 Å². The Morgan fingerprint density at radius 1 is 1.00 bits per heavy atom. The summed E-state index contributed by atoms with van der Waals surface area (Å²) in [5.74, 6) is 0.794. The first-order chi connectivity index (χ1) is 8.16. The van der Waals surface area contributed by atoms with Gasteiger partial charge in [-0.05, 0) is 37.2 Å². The normalized spacial score (nSPS) is 14.6. The van der Waals surface area contributed by atoms with E-state index in [0.717, 1.165) is 5.92 Å². The molecule has 0 N–H and O–H groups in total. The summed E-state index contributed by atoms with van der Waals surface area (Å²) in [5.41, 5.74) is 3.18. The van der Waals surface area contributed by atoms with Crippen molar-refractivity contribution in [2.24, 2.45) is 5.92 Å². The van der Waals surface area contributed by atoms with Crippen molar-refractivity contribution in [3.63, 3.8) is 0 Å². The van der Waals surface area contributed by atoms with Crippen LogP contribution in [-0.2, 0) is 8.84 Å². The van der Waals surface area contributed by atoms with Crippen molar-refractivity contribution in [3.8, 4) is 0 Å². The highest BCUT2D eigenvalue weighted by atomic mass is 127. The van der Waals surface area contributed by atoms with Crippen LogP contribution in [0.1, 0.15) is 65.5 Å². The molecule has 0 aliphatic heterocycles. The number of alkyl halides is 1. The first-order valence-electron chi connectivity index (χ1n) is 6.98. The van der Waals surface area contributed by atoms with Crippen LogP contribution in [0.15, 0.2) is 24.3 Å². The minimum atomic E-state index is 0.259. The number of rotatable bonds is 5. The quantitative estimate of drug-likeness (QED) is 0.557. The summed E-state index contributed by atoms with van der Waals surface area (Å²) in [6.45, 7) is 13.9. The van der Waals surface area contributed by atoms with Gasteiger partial charge in [0, 0.05) is 5.56 Å². The average molecular weight is 359 g/mol. The maximum Gasteiger partial charge on any atom is 0.263 e. The zero-order valence-corrected chi connectivity index (χ0v) is 15.0. The van der Waals surface area contributed by atoms with Crippen molar-refractivity contribution in [2.45, 2.75) is 63.2 Å². The highest BCUT2D eigenvalue weighted by Gasteiger charge is 2.27. The maximum atomic E-state index is 2.37. The Bertz CT molecular complexity index is 368. The molecule has 0 bridgehead atoms. The van der Waals surface area contributed by atoms with Crippen molar-refractivity contribution in [2.75, 3.05) is 0 Å². The largest absolute Gasteiger partial charge is 0.263 e. The zero-order chi connectivity index (χ0) is 14.0. The Kier molecular flexibility index (Phi) is 5.28. The molecule has 1 atom stereocenters. The van der Waals surface area contributed by atoms with Crippen LogP contribution < -0.4 is 22.6 Å². The van der Waals surface area contributed by atoms with E-state index in [4.69, 9.17) is 0 Å². The second-order valence-electron chi connectivity index (χ2n) is 6.69. The topological polar surface area (TPSA) is 0 Å². The second-order valence-corrected chi connectivity index (χ2v) is 9.60. The van der Waals surface area contributed by atoms with Crippen molar-refractivity contribution >= 4 is 0 Å². The molecular weight excluding hydrogens is 331 g/mol. The third kappa shape index (κ3) is 4.25. The fraction of sp³-hybridized carbons (Fsp3) is 0.647. The summed E-state index contributed by atoms with van der Waals surface area (Å²) in [4.78, 5) is 0. The predicted octanol–water partition coefficient (Wildman–Crippen LogP) is 1.92. The Morgan fingerprint density at radius 3 is 1.83 bits per heavy atom. The van der Waals surface area contributed by atoms with Gasteiger partial charge in [-0.15, -0.1) is 0 Å². The molecule has 0 aliphatic carbocycles. The molecule has 1 aromatic rings. The number of hydrogen-bond acceptors (Lipinski definition) is 0. The van der Waals surface area contributed by atoms with Gasteiger partial charge in [0.2, 0.25) is 0 Å². The van der Waals surface area contributed by atoms with Gasteiger partial charge in [0.15, 0.2) is 3.42 Å². The average Bonchev–Trinajstić information content (AvgIpc) is 2.27. The summed E-state index contributed by atoms with van der Waals surface area (Å²) >= 11 is 2.19. The van der Waals surface area contributed by atoms with E-state index in [1.165, 1.54) is 24.0 Å². The molecule has 1 unspecified atom stereocenters. The summed E-state index contributed by atoms with van der Waals surface area (Å²) in [6.07, 6.45) is 2.53. The van der Waals surface area contributed by atoms with E-state index in [1.54, 1.807) is 0 Å². The predicted molar refractivity (Wildman–Crippen MR) is 78.0 cm³/mol. The van der Waals surface area contributed by atoms with E-state index >= 15 is 0 Å². The summed E-state index contributed by atoms with van der Waals surface area (Å²) in [7, 11) is 0. The van der Waals surface area contributed by atoms with Crippen LogP contribution in [0, 0.1) is 5.92 Å². The second kappa shape index (κ2) is 5.94. The van der Waals surface area contributed by atoms with Crippen molar-refractivity contribution in [3.05, 3.63) is 35.4 Å². The van der Waals surface area contributed by atoms with Crippen LogP contribution in [0.25, 0.3) is 0 Å². The van der Waals surface area contributed by atoms with Crippen LogP contribution in [0.4, 0.5) is 0 Å². The van der Waals surface area contributed by atoms with Crippen LogP contribution in [0.2, 0.25) is 0 Å². The van der Waals surface area contributed by atoms with E-state index in [1.807, 2.05) is 0 Å². The lowest BCUT2D eigenvalue weighted by Gasteiger charge is -2.28. The van der Waals surface area contributed by atoms with E-state index in [-0.39, 0.29) is 8.84 Å². The third-order valence-corrected chi connectivity index (χ3v) is 4.59. The molecule has 1 aromatic carbocycles. The fourth-order valence-electron chi connectivity index (χ4n) is 2.46. The molecule has 0 heterocycles. The molecule has 1 heteroatoms. The fourth-order valence-corrected chi connectivity index (χ4v) is 2.84. The van der Waals surface area contributed by atoms with E-state index in [0.29, 0.717) is 0 Å². The molecule has 0 aliphatic rings. The van der Waals surface area contributed by atoms with Crippen molar-refractivity contribution in [1.82, 2.24) is 0 Å². The molecule has 0 nitrogen and oxygen atoms in total. The SMILES string of the molecule is CCC(C)CC(C)(C)c1ccc(C(C)(C)[IH+])cc1. The smallest absolute Gasteiger partial charge is 0.0651 e. The monoisotopic (exact) mass is 359 g/mol. The first kappa shape index (κ1) is 16.0. The van der Waals surface area contributed by atoms with Crippen LogP contribution in [0.3, 0.4) is 0 Å². The van der Waals surface area contributed by atoms with Gasteiger partial charge in [0.25, 0.3) is 22.6 Å². The van der Waals surface area contributed by atoms with Gasteiger partial charge in [-0.25, -0.2) is 0 Å². The van der Waals surface area contributed by atoms with Gasteiger partial charge in [-0.3, -0.25) is 0 Å². The standard InChI is InChI=1S/C17H28I/c1-7-13(2)12-16(3,4)14-8-10-15(11-9-14)17(5,6)18/h8-11,13,18H,7,12H2,1-6H3/q+1. The van der Waals surface area contributed by atoms with Crippen LogP contribution >= 0.6 is 0 Å². The third-order valence-electron chi connectivity index (χ3n) is 3.92. The molecule has 1 rings (SSSR count). The van der Waals surface area contributed by atoms with Crippen molar-refractivity contribution < 1.29 is 22.6 Å². The lowest BCUT2D eigenvalue weighted by Crippen LogP contribution is -3.41. The Morgan fingerprint density at radius 2 is 1.44 bits per heavy atom. The highest BCUT2D eigenvalue weighted by Crippen LogP contribution is 2.32. The number of benzene rings is 1. The van der Waals surface area contributed by atoms with E-state index in [9.17, 15) is 0 Å². The molecule has 0 amide bonds. The summed E-state index contributed by atoms with van der Waals surface area (Å²) in [5, 5.41) is 0. The maximum absolute atomic E-state index is 2.37. The lowest BCUT2D eigenvalue weighted by atomic mass is 9.76. The Hall–Kier alpha value is -0.0500.